The maximum absolute atomic E-state index is 14.2. The third kappa shape index (κ3) is 4.24. The molecule has 8 rings (SSSR count). The van der Waals surface area contributed by atoms with Gasteiger partial charge in [-0.15, -0.1) is 0 Å². The van der Waals surface area contributed by atoms with E-state index >= 15 is 0 Å². The first kappa shape index (κ1) is 28.8. The van der Waals surface area contributed by atoms with Crippen molar-refractivity contribution in [3.05, 3.63) is 0 Å². The van der Waals surface area contributed by atoms with Gasteiger partial charge in [0.2, 0.25) is 0 Å². The molecule has 0 amide bonds. The number of carbonyl (C=O) groups excluding carboxylic acids is 2. The van der Waals surface area contributed by atoms with E-state index in [0.29, 0.717) is 54.1 Å². The number of hydrogen-bond donors (Lipinski definition) is 1. The molecule has 7 heteroatoms. The molecule has 0 radical (unpaired) electrons. The molecule has 1 heterocycles. The highest BCUT2D eigenvalue weighted by Crippen LogP contribution is 2.68. The summed E-state index contributed by atoms with van der Waals surface area (Å²) in [5.41, 5.74) is -3.18. The largest absolute Gasteiger partial charge is 0.481 e. The summed E-state index contributed by atoms with van der Waals surface area (Å²) in [6.45, 7) is 9.10. The van der Waals surface area contributed by atoms with Gasteiger partial charge in [-0.25, -0.2) is 0 Å². The third-order valence-corrected chi connectivity index (χ3v) is 14.8. The van der Waals surface area contributed by atoms with Crippen molar-refractivity contribution in [3.63, 3.8) is 0 Å². The normalized spacial score (nSPS) is 48.8. The average molecular weight is 597 g/mol. The van der Waals surface area contributed by atoms with E-state index in [9.17, 15) is 19.5 Å². The molecule has 1 aliphatic heterocycles. The first-order chi connectivity index (χ1) is 20.3. The molecule has 1 N–H and O–H groups in total. The molecule has 7 aliphatic carbocycles. The smallest absolute Gasteiger partial charge is 0.312 e. The van der Waals surface area contributed by atoms with Gasteiger partial charge in [-0.3, -0.25) is 14.4 Å². The number of epoxide rings is 1. The van der Waals surface area contributed by atoms with Crippen molar-refractivity contribution in [3.8, 4) is 0 Å². The maximum atomic E-state index is 14.2. The van der Waals surface area contributed by atoms with Crippen LogP contribution in [0.2, 0.25) is 0 Å². The van der Waals surface area contributed by atoms with E-state index < -0.39 is 22.2 Å². The van der Waals surface area contributed by atoms with Crippen LogP contribution in [0.1, 0.15) is 105 Å². The zero-order valence-corrected chi connectivity index (χ0v) is 26.8. The van der Waals surface area contributed by atoms with Crippen LogP contribution in [0.3, 0.4) is 0 Å². The average Bonchev–Trinajstić information content (AvgIpc) is 3.66. The number of hydrogen-bond acceptors (Lipinski definition) is 6. The van der Waals surface area contributed by atoms with Gasteiger partial charge in [0.15, 0.2) is 0 Å². The van der Waals surface area contributed by atoms with Gasteiger partial charge < -0.3 is 19.3 Å². The fraction of sp³-hybridized carbons (Fsp3) is 0.917. The van der Waals surface area contributed by atoms with Crippen molar-refractivity contribution < 1.29 is 33.7 Å². The van der Waals surface area contributed by atoms with Crippen LogP contribution in [0, 0.1) is 75.4 Å². The molecule has 0 spiro atoms. The fourth-order valence-electron chi connectivity index (χ4n) is 13.0. The Morgan fingerprint density at radius 3 is 1.98 bits per heavy atom. The number of aliphatic carboxylic acids is 1. The van der Waals surface area contributed by atoms with Crippen molar-refractivity contribution in [2.45, 2.75) is 130 Å². The lowest BCUT2D eigenvalue weighted by atomic mass is 9.65. The number of ether oxygens (including phenoxy) is 3. The molecule has 0 aromatic rings. The first-order valence-electron chi connectivity index (χ1n) is 17.6. The highest BCUT2D eigenvalue weighted by atomic mass is 16.6. The van der Waals surface area contributed by atoms with E-state index in [2.05, 4.69) is 0 Å². The van der Waals surface area contributed by atoms with Gasteiger partial charge in [0.25, 0.3) is 0 Å². The predicted octanol–water partition coefficient (Wildman–Crippen LogP) is 6.27. The predicted molar refractivity (Wildman–Crippen MR) is 157 cm³/mol. The Hall–Kier alpha value is -1.63. The Bertz CT molecular complexity index is 1210. The number of rotatable bonds is 10. The van der Waals surface area contributed by atoms with E-state index in [4.69, 9.17) is 14.2 Å². The van der Waals surface area contributed by atoms with Crippen LogP contribution in [0.4, 0.5) is 0 Å². The van der Waals surface area contributed by atoms with Gasteiger partial charge in [-0.05, 0) is 152 Å². The van der Waals surface area contributed by atoms with E-state index in [0.717, 1.165) is 49.4 Å². The van der Waals surface area contributed by atoms with Gasteiger partial charge in [-0.1, -0.05) is 6.92 Å². The molecular weight excluding hydrogens is 544 g/mol. The molecule has 16 unspecified atom stereocenters. The van der Waals surface area contributed by atoms with Crippen LogP contribution in [0.5, 0.6) is 0 Å². The standard InChI is InChI=1S/C36H52O7/c1-6-35(4,32(39)42-25-13-20-11-22(25)28-18-8-7-17(9-18)27(20)28)16-36(5,15-34(2,3)31(37)38)33(40)43-24-12-19-10-23(24)29-21(19)14-26-30(29)41-26/h17-30H,6-16H2,1-5H3,(H,37,38). The molecule has 6 bridgehead atoms. The lowest BCUT2D eigenvalue weighted by molar-refractivity contribution is -0.177. The highest BCUT2D eigenvalue weighted by molar-refractivity contribution is 5.82. The second-order valence-electron chi connectivity index (χ2n) is 17.8. The van der Waals surface area contributed by atoms with Gasteiger partial charge in [0, 0.05) is 5.92 Å². The third-order valence-electron chi connectivity index (χ3n) is 14.8. The zero-order valence-electron chi connectivity index (χ0n) is 26.8. The molecule has 7 nitrogen and oxygen atoms in total. The maximum Gasteiger partial charge on any atom is 0.312 e. The molecule has 238 valence electrons. The highest BCUT2D eigenvalue weighted by Gasteiger charge is 2.68. The van der Waals surface area contributed by atoms with Crippen LogP contribution < -0.4 is 0 Å². The van der Waals surface area contributed by atoms with Crippen LogP contribution in [-0.2, 0) is 28.6 Å². The molecular formula is C36H52O7. The molecule has 43 heavy (non-hydrogen) atoms. The molecule has 1 saturated heterocycles. The molecule has 8 aliphatic rings. The van der Waals surface area contributed by atoms with E-state index in [1.165, 1.54) is 25.7 Å². The van der Waals surface area contributed by atoms with Crippen molar-refractivity contribution in [2.24, 2.45) is 75.4 Å². The van der Waals surface area contributed by atoms with Crippen molar-refractivity contribution in [1.82, 2.24) is 0 Å². The first-order valence-corrected chi connectivity index (χ1v) is 17.6. The van der Waals surface area contributed by atoms with Crippen molar-refractivity contribution in [2.75, 3.05) is 0 Å². The summed E-state index contributed by atoms with van der Waals surface area (Å²) in [6, 6.07) is 0. The lowest BCUT2D eigenvalue weighted by Crippen LogP contribution is -2.47. The molecule has 16 atom stereocenters. The van der Waals surface area contributed by atoms with Crippen molar-refractivity contribution >= 4 is 17.9 Å². The minimum absolute atomic E-state index is 0.0143. The zero-order chi connectivity index (χ0) is 30.2. The van der Waals surface area contributed by atoms with E-state index in [1.54, 1.807) is 13.8 Å². The quantitative estimate of drug-likeness (QED) is 0.180. The summed E-state index contributed by atoms with van der Waals surface area (Å²) in [4.78, 5) is 40.6. The second kappa shape index (κ2) is 9.45. The number of esters is 2. The number of carboxylic acids is 1. The van der Waals surface area contributed by atoms with Gasteiger partial charge in [-0.2, -0.15) is 0 Å². The Labute approximate surface area is 256 Å². The van der Waals surface area contributed by atoms with Crippen LogP contribution in [0.15, 0.2) is 0 Å². The summed E-state index contributed by atoms with van der Waals surface area (Å²) in [7, 11) is 0. The van der Waals surface area contributed by atoms with E-state index in [1.807, 2.05) is 20.8 Å². The van der Waals surface area contributed by atoms with Gasteiger partial charge in [0.1, 0.15) is 12.2 Å². The Morgan fingerprint density at radius 2 is 1.30 bits per heavy atom. The Kier molecular flexibility index (Phi) is 6.33. The summed E-state index contributed by atoms with van der Waals surface area (Å²) < 4.78 is 18.7. The molecule has 0 aromatic heterocycles. The van der Waals surface area contributed by atoms with Crippen LogP contribution in [-0.4, -0.2) is 47.4 Å². The van der Waals surface area contributed by atoms with Crippen LogP contribution >= 0.6 is 0 Å². The van der Waals surface area contributed by atoms with E-state index in [-0.39, 0.29) is 37.0 Å². The van der Waals surface area contributed by atoms with Crippen LogP contribution in [0.25, 0.3) is 0 Å². The topological polar surface area (TPSA) is 102 Å². The summed E-state index contributed by atoms with van der Waals surface area (Å²) in [5.74, 6) is 5.13. The summed E-state index contributed by atoms with van der Waals surface area (Å²) in [5, 5.41) is 10.1. The number of carboxylic acid groups (broad SMARTS) is 1. The monoisotopic (exact) mass is 596 g/mol. The SMILES string of the molecule is CCC(C)(CC(C)(CC(C)(C)C(=O)O)C(=O)OC1CC2CC1C1C2CC2OC21)C(=O)OC1CC2CC1C1C3CCC(C3)C21. The molecule has 7 saturated carbocycles. The fourth-order valence-corrected chi connectivity index (χ4v) is 13.0. The minimum Gasteiger partial charge on any atom is -0.481 e. The van der Waals surface area contributed by atoms with Gasteiger partial charge in [0.05, 0.1) is 28.5 Å². The molecule has 0 aromatic carbocycles. The summed E-state index contributed by atoms with van der Waals surface area (Å²) in [6.07, 6.45) is 10.9. The van der Waals surface area contributed by atoms with Gasteiger partial charge >= 0.3 is 17.9 Å². The lowest BCUT2D eigenvalue weighted by Gasteiger charge is -2.42. The van der Waals surface area contributed by atoms with Crippen molar-refractivity contribution in [1.29, 1.82) is 0 Å². The molecule has 8 fully saturated rings. The number of carbonyl (C=O) groups is 3. The Balaban J connectivity index is 0.991. The summed E-state index contributed by atoms with van der Waals surface area (Å²) >= 11 is 0. The second-order valence-corrected chi connectivity index (χ2v) is 17.8. The Morgan fingerprint density at radius 1 is 0.698 bits per heavy atom. The minimum atomic E-state index is -1.14. The number of fused-ring (bicyclic) bond motifs is 16.